The summed E-state index contributed by atoms with van der Waals surface area (Å²) in [5.41, 5.74) is 2.45. The number of aromatic nitrogens is 1. The topological polar surface area (TPSA) is 60.5 Å². The molecule has 1 fully saturated rings. The van der Waals surface area contributed by atoms with Gasteiger partial charge in [0.25, 0.3) is 5.91 Å². The molecule has 0 saturated carbocycles. The first-order valence-electron chi connectivity index (χ1n) is 10.6. The van der Waals surface area contributed by atoms with Crippen LogP contribution < -0.4 is 10.8 Å². The van der Waals surface area contributed by atoms with Crippen molar-refractivity contribution in [2.45, 2.75) is 85.0 Å². The van der Waals surface area contributed by atoms with Gasteiger partial charge in [0.1, 0.15) is 4.88 Å². The first-order valence-corrected chi connectivity index (χ1v) is 11.4. The van der Waals surface area contributed by atoms with E-state index in [9.17, 15) is 4.79 Å². The summed E-state index contributed by atoms with van der Waals surface area (Å²) < 4.78 is 12.5. The van der Waals surface area contributed by atoms with E-state index >= 15 is 0 Å². The number of benzene rings is 1. The molecule has 0 bridgehead atoms. The maximum absolute atomic E-state index is 12.5. The van der Waals surface area contributed by atoms with Crippen LogP contribution in [0.25, 0.3) is 0 Å². The van der Waals surface area contributed by atoms with E-state index in [0.717, 1.165) is 28.0 Å². The fourth-order valence-electron chi connectivity index (χ4n) is 3.49. The van der Waals surface area contributed by atoms with Crippen molar-refractivity contribution in [1.82, 2.24) is 10.3 Å². The molecule has 3 rings (SSSR count). The van der Waals surface area contributed by atoms with Crippen LogP contribution in [0.1, 0.15) is 80.7 Å². The number of carbonyl (C=O) groups excluding carboxylic acids is 1. The Bertz CT molecular complexity index is 935. The Labute approximate surface area is 184 Å². The van der Waals surface area contributed by atoms with E-state index in [1.165, 1.54) is 11.3 Å². The molecule has 1 aromatic heterocycles. The van der Waals surface area contributed by atoms with E-state index < -0.39 is 0 Å². The molecule has 0 radical (unpaired) electrons. The van der Waals surface area contributed by atoms with Gasteiger partial charge in [0.2, 0.25) is 0 Å². The highest BCUT2D eigenvalue weighted by Crippen LogP contribution is 2.39. The molecule has 1 N–H and O–H groups in total. The molecule has 7 heteroatoms. The maximum Gasteiger partial charge on any atom is 0.494 e. The molecule has 1 aliphatic rings. The van der Waals surface area contributed by atoms with Crippen molar-refractivity contribution >= 4 is 29.8 Å². The largest absolute Gasteiger partial charge is 0.494 e. The Balaban J connectivity index is 1.66. The molecule has 1 unspecified atom stereocenters. The highest BCUT2D eigenvalue weighted by molar-refractivity contribution is 7.13. The minimum atomic E-state index is -0.375. The Morgan fingerprint density at radius 3 is 2.47 bits per heavy atom. The molecule has 1 aromatic carbocycles. The van der Waals surface area contributed by atoms with Gasteiger partial charge >= 0.3 is 7.12 Å². The molecule has 5 nitrogen and oxygen atoms in total. The molecule has 1 saturated heterocycles. The van der Waals surface area contributed by atoms with Gasteiger partial charge in [-0.3, -0.25) is 4.79 Å². The fraction of sp³-hybridized carbons (Fsp3) is 0.565. The Morgan fingerprint density at radius 1 is 1.23 bits per heavy atom. The molecule has 1 atom stereocenters. The quantitative estimate of drug-likeness (QED) is 0.719. The van der Waals surface area contributed by atoms with E-state index in [0.29, 0.717) is 11.4 Å². The van der Waals surface area contributed by atoms with Gasteiger partial charge in [-0.05, 0) is 50.7 Å². The molecular formula is C23H33BN2O3S. The van der Waals surface area contributed by atoms with Crippen molar-refractivity contribution < 1.29 is 14.1 Å². The zero-order valence-corrected chi connectivity index (χ0v) is 20.2. The lowest BCUT2D eigenvalue weighted by Gasteiger charge is -2.35. The second kappa shape index (κ2) is 8.10. The van der Waals surface area contributed by atoms with Crippen LogP contribution in [0, 0.1) is 6.92 Å². The third-order valence-corrected chi connectivity index (χ3v) is 7.59. The van der Waals surface area contributed by atoms with E-state index in [4.69, 9.17) is 9.31 Å². The highest BCUT2D eigenvalue weighted by Gasteiger charge is 2.53. The fourth-order valence-corrected chi connectivity index (χ4v) is 4.38. The van der Waals surface area contributed by atoms with E-state index in [1.54, 1.807) is 6.20 Å². The van der Waals surface area contributed by atoms with E-state index in [-0.39, 0.29) is 29.6 Å². The second-order valence-electron chi connectivity index (χ2n) is 9.81. The van der Waals surface area contributed by atoms with Crippen LogP contribution in [-0.4, -0.2) is 29.2 Å². The normalized spacial score (nSPS) is 21.1. The highest BCUT2D eigenvalue weighted by atomic mass is 32.1. The zero-order valence-electron chi connectivity index (χ0n) is 19.4. The number of nitrogens with zero attached hydrogens (tertiary/aromatic N) is 1. The minimum Gasteiger partial charge on any atom is -0.399 e. The lowest BCUT2D eigenvalue weighted by atomic mass is 9.78. The van der Waals surface area contributed by atoms with E-state index in [1.807, 2.05) is 12.1 Å². The summed E-state index contributed by atoms with van der Waals surface area (Å²) in [5, 5.41) is 3.98. The number of amides is 1. The van der Waals surface area contributed by atoms with Gasteiger partial charge in [-0.2, -0.15) is 0 Å². The maximum atomic E-state index is 12.5. The van der Waals surface area contributed by atoms with Gasteiger partial charge in [0.15, 0.2) is 0 Å². The van der Waals surface area contributed by atoms with Crippen LogP contribution in [0.3, 0.4) is 0 Å². The third-order valence-electron chi connectivity index (χ3n) is 6.17. The average molecular weight is 428 g/mol. The number of nitrogens with one attached hydrogen (secondary N) is 1. The van der Waals surface area contributed by atoms with Crippen molar-refractivity contribution in [2.75, 3.05) is 0 Å². The molecule has 0 spiro atoms. The molecule has 2 heterocycles. The predicted octanol–water partition coefficient (Wildman–Crippen LogP) is 4.37. The number of hydrogen-bond acceptors (Lipinski definition) is 5. The Morgan fingerprint density at radius 2 is 1.93 bits per heavy atom. The lowest BCUT2D eigenvalue weighted by Crippen LogP contribution is -2.44. The summed E-state index contributed by atoms with van der Waals surface area (Å²) in [6.45, 7) is 17.2. The summed E-state index contributed by atoms with van der Waals surface area (Å²) in [4.78, 5) is 17.6. The smallest absolute Gasteiger partial charge is 0.399 e. The van der Waals surface area contributed by atoms with Crippen LogP contribution in [0.5, 0.6) is 0 Å². The summed E-state index contributed by atoms with van der Waals surface area (Å²) in [6, 6.07) is 6.16. The standard InChI is InChI=1S/C23H33BN2O3S/c1-9-23(8)22(6,7)28-24(29-23)17-11-10-16(15(2)12-17)13-25-19(27)18-14-26-20(30-18)21(3,4)5/h10-12,14H,9,13H2,1-8H3,(H,25,27). The van der Waals surface area contributed by atoms with Crippen molar-refractivity contribution in [3.63, 3.8) is 0 Å². The molecule has 2 aromatic rings. The van der Waals surface area contributed by atoms with Crippen LogP contribution >= 0.6 is 11.3 Å². The molecule has 162 valence electrons. The minimum absolute atomic E-state index is 0.0532. The summed E-state index contributed by atoms with van der Waals surface area (Å²) in [6.07, 6.45) is 2.55. The SMILES string of the molecule is CCC1(C)OB(c2ccc(CNC(=O)c3cnc(C(C)(C)C)s3)c(C)c2)OC1(C)C. The monoisotopic (exact) mass is 428 g/mol. The zero-order chi connectivity index (χ0) is 22.3. The Kier molecular flexibility index (Phi) is 6.20. The molecule has 0 aliphatic carbocycles. The van der Waals surface area contributed by atoms with Gasteiger partial charge in [0, 0.05) is 12.0 Å². The van der Waals surface area contributed by atoms with Crippen LogP contribution in [0.15, 0.2) is 24.4 Å². The molecular weight excluding hydrogens is 395 g/mol. The average Bonchev–Trinajstić information content (AvgIpc) is 3.24. The lowest BCUT2D eigenvalue weighted by molar-refractivity contribution is -0.0118. The van der Waals surface area contributed by atoms with Crippen molar-refractivity contribution in [3.05, 3.63) is 45.4 Å². The summed E-state index contributed by atoms with van der Waals surface area (Å²) in [7, 11) is -0.375. The van der Waals surface area contributed by atoms with Crippen LogP contribution in [0.2, 0.25) is 0 Å². The van der Waals surface area contributed by atoms with Gasteiger partial charge in [-0.1, -0.05) is 45.9 Å². The van der Waals surface area contributed by atoms with Crippen molar-refractivity contribution in [3.8, 4) is 0 Å². The number of hydrogen-bond donors (Lipinski definition) is 1. The Hall–Kier alpha value is -1.70. The van der Waals surface area contributed by atoms with E-state index in [2.05, 4.69) is 71.8 Å². The number of thiazole rings is 1. The molecule has 1 aliphatic heterocycles. The van der Waals surface area contributed by atoms with Crippen LogP contribution in [0.4, 0.5) is 0 Å². The van der Waals surface area contributed by atoms with Gasteiger partial charge in [0.05, 0.1) is 22.4 Å². The third kappa shape index (κ3) is 4.48. The first kappa shape index (κ1) is 23.0. The predicted molar refractivity (Wildman–Crippen MR) is 123 cm³/mol. The number of aryl methyl sites for hydroxylation is 1. The molecule has 1 amide bonds. The van der Waals surface area contributed by atoms with Crippen molar-refractivity contribution in [2.24, 2.45) is 0 Å². The van der Waals surface area contributed by atoms with Crippen molar-refractivity contribution in [1.29, 1.82) is 0 Å². The number of carbonyl (C=O) groups is 1. The van der Waals surface area contributed by atoms with Gasteiger partial charge < -0.3 is 14.6 Å². The summed E-state index contributed by atoms with van der Waals surface area (Å²) >= 11 is 1.45. The summed E-state index contributed by atoms with van der Waals surface area (Å²) in [5.74, 6) is -0.0885. The second-order valence-corrected chi connectivity index (χ2v) is 10.8. The van der Waals surface area contributed by atoms with Crippen LogP contribution in [-0.2, 0) is 21.3 Å². The van der Waals surface area contributed by atoms with Gasteiger partial charge in [-0.25, -0.2) is 4.98 Å². The number of rotatable bonds is 5. The first-order chi connectivity index (χ1) is 13.9. The van der Waals surface area contributed by atoms with Gasteiger partial charge in [-0.15, -0.1) is 11.3 Å². The molecule has 30 heavy (non-hydrogen) atoms.